The van der Waals surface area contributed by atoms with E-state index < -0.39 is 12.2 Å². The maximum atomic E-state index is 13.5. The number of hydrogen-bond donors (Lipinski definition) is 1. The highest BCUT2D eigenvalue weighted by Gasteiger charge is 2.47. The second kappa shape index (κ2) is 7.46. The number of anilines is 1. The van der Waals surface area contributed by atoms with Crippen molar-refractivity contribution in [3.8, 4) is 0 Å². The lowest BCUT2D eigenvalue weighted by Crippen LogP contribution is -2.49. The lowest BCUT2D eigenvalue weighted by atomic mass is 9.85. The van der Waals surface area contributed by atoms with Crippen molar-refractivity contribution < 1.29 is 22.7 Å². The average Bonchev–Trinajstić information content (AvgIpc) is 2.97. The van der Waals surface area contributed by atoms with E-state index in [1.807, 2.05) is 0 Å². The summed E-state index contributed by atoms with van der Waals surface area (Å²) in [6.45, 7) is 3.19. The number of ether oxygens (including phenoxy) is 1. The van der Waals surface area contributed by atoms with Crippen molar-refractivity contribution in [2.45, 2.75) is 50.9 Å². The number of amides is 1. The molecule has 3 atom stereocenters. The van der Waals surface area contributed by atoms with Crippen molar-refractivity contribution in [1.82, 2.24) is 14.7 Å². The Morgan fingerprint density at radius 3 is 2.92 bits per heavy atom. The molecule has 0 aromatic carbocycles. The van der Waals surface area contributed by atoms with Crippen LogP contribution in [0.15, 0.2) is 6.07 Å². The summed E-state index contributed by atoms with van der Waals surface area (Å²) in [5, 5.41) is 7.24. The van der Waals surface area contributed by atoms with Crippen molar-refractivity contribution in [2.75, 3.05) is 32.1 Å². The fourth-order valence-corrected chi connectivity index (χ4v) is 3.95. The molecule has 1 aromatic rings. The Balaban J connectivity index is 1.74. The lowest BCUT2D eigenvalue weighted by molar-refractivity contribution is -0.175. The molecule has 0 aliphatic carbocycles. The highest BCUT2D eigenvalue weighted by Crippen LogP contribution is 2.41. The fraction of sp³-hybridized carbons (Fsp3) is 0.765. The van der Waals surface area contributed by atoms with E-state index in [1.165, 1.54) is 0 Å². The van der Waals surface area contributed by atoms with Crippen molar-refractivity contribution in [1.29, 1.82) is 0 Å². The summed E-state index contributed by atoms with van der Waals surface area (Å²) in [4.78, 5) is 14.0. The zero-order chi connectivity index (χ0) is 18.9. The summed E-state index contributed by atoms with van der Waals surface area (Å²) < 4.78 is 46.6. The summed E-state index contributed by atoms with van der Waals surface area (Å²) in [5.74, 6) is 0.397. The molecule has 146 valence electrons. The number of rotatable bonds is 4. The number of fused-ring (bicyclic) bond motifs is 1. The Morgan fingerprint density at radius 2 is 2.23 bits per heavy atom. The van der Waals surface area contributed by atoms with Gasteiger partial charge in [0.1, 0.15) is 5.82 Å². The largest absolute Gasteiger partial charge is 0.410 e. The summed E-state index contributed by atoms with van der Waals surface area (Å²) in [6, 6.07) is -0.310. The minimum atomic E-state index is -4.35. The number of hydrogen-bond acceptors (Lipinski definition) is 4. The van der Waals surface area contributed by atoms with Gasteiger partial charge in [-0.3, -0.25) is 4.79 Å². The van der Waals surface area contributed by atoms with Gasteiger partial charge in [0.15, 0.2) is 6.04 Å². The Hall–Kier alpha value is -1.77. The van der Waals surface area contributed by atoms with Crippen molar-refractivity contribution in [2.24, 2.45) is 5.92 Å². The SMILES string of the molecule is COCCC(=O)N1CCC[C@@H]([C@@H]2C[C@H](C(F)(F)F)n3nc(C)cc3N2)C1. The number of halogens is 3. The monoisotopic (exact) mass is 374 g/mol. The molecule has 1 saturated heterocycles. The van der Waals surface area contributed by atoms with Gasteiger partial charge in [-0.25, -0.2) is 4.68 Å². The number of nitrogens with one attached hydrogen (secondary N) is 1. The van der Waals surface area contributed by atoms with Crippen LogP contribution in [0.1, 0.15) is 37.4 Å². The number of alkyl halides is 3. The minimum Gasteiger partial charge on any atom is -0.384 e. The highest BCUT2D eigenvalue weighted by molar-refractivity contribution is 5.76. The Morgan fingerprint density at radius 1 is 1.46 bits per heavy atom. The third-order valence-electron chi connectivity index (χ3n) is 5.24. The van der Waals surface area contributed by atoms with E-state index in [4.69, 9.17) is 4.74 Å². The number of methoxy groups -OCH3 is 1. The number of carbonyl (C=O) groups excluding carboxylic acids is 1. The van der Waals surface area contributed by atoms with E-state index in [0.717, 1.165) is 17.5 Å². The zero-order valence-corrected chi connectivity index (χ0v) is 15.1. The van der Waals surface area contributed by atoms with E-state index in [1.54, 1.807) is 25.0 Å². The van der Waals surface area contributed by atoms with Crippen LogP contribution >= 0.6 is 0 Å². The van der Waals surface area contributed by atoms with Gasteiger partial charge in [-0.05, 0) is 32.1 Å². The fourth-order valence-electron chi connectivity index (χ4n) is 3.95. The van der Waals surface area contributed by atoms with Gasteiger partial charge in [0.05, 0.1) is 18.7 Å². The third kappa shape index (κ3) is 3.97. The van der Waals surface area contributed by atoms with Gasteiger partial charge in [0.2, 0.25) is 5.91 Å². The molecule has 1 aromatic heterocycles. The van der Waals surface area contributed by atoms with E-state index in [-0.39, 0.29) is 24.3 Å². The van der Waals surface area contributed by atoms with Gasteiger partial charge in [-0.15, -0.1) is 0 Å². The van der Waals surface area contributed by atoms with Crippen LogP contribution in [0, 0.1) is 12.8 Å². The predicted molar refractivity (Wildman–Crippen MR) is 89.9 cm³/mol. The maximum Gasteiger partial charge on any atom is 0.410 e. The number of nitrogens with zero attached hydrogens (tertiary/aromatic N) is 3. The normalized spacial score (nSPS) is 26.3. The van der Waals surface area contributed by atoms with Crippen LogP contribution in [0.25, 0.3) is 0 Å². The molecule has 3 rings (SSSR count). The quantitative estimate of drug-likeness (QED) is 0.881. The molecular formula is C17H25F3N4O2. The molecule has 0 bridgehead atoms. The van der Waals surface area contributed by atoms with Crippen molar-refractivity contribution >= 4 is 11.7 Å². The van der Waals surface area contributed by atoms with Crippen LogP contribution < -0.4 is 5.32 Å². The van der Waals surface area contributed by atoms with Gasteiger partial charge in [0.25, 0.3) is 0 Å². The molecule has 2 aliphatic rings. The van der Waals surface area contributed by atoms with Crippen LogP contribution in [0.2, 0.25) is 0 Å². The molecule has 9 heteroatoms. The first-order chi connectivity index (χ1) is 12.3. The second-order valence-corrected chi connectivity index (χ2v) is 7.14. The van der Waals surface area contributed by atoms with Crippen LogP contribution in [0.3, 0.4) is 0 Å². The average molecular weight is 374 g/mol. The molecule has 1 N–H and O–H groups in total. The number of aryl methyl sites for hydroxylation is 1. The van der Waals surface area contributed by atoms with Crippen molar-refractivity contribution in [3.63, 3.8) is 0 Å². The summed E-state index contributed by atoms with van der Waals surface area (Å²) in [5.41, 5.74) is 0.558. The first-order valence-corrected chi connectivity index (χ1v) is 8.95. The van der Waals surface area contributed by atoms with Crippen LogP contribution in [0.4, 0.5) is 19.0 Å². The molecule has 26 heavy (non-hydrogen) atoms. The number of carbonyl (C=O) groups is 1. The molecule has 0 saturated carbocycles. The van der Waals surface area contributed by atoms with Crippen LogP contribution in [-0.4, -0.2) is 59.6 Å². The Kier molecular flexibility index (Phi) is 5.45. The van der Waals surface area contributed by atoms with Crippen LogP contribution in [-0.2, 0) is 9.53 Å². The number of piperidine rings is 1. The van der Waals surface area contributed by atoms with Gasteiger partial charge in [0, 0.05) is 32.3 Å². The Labute approximate surface area is 150 Å². The molecule has 0 unspecified atom stereocenters. The smallest absolute Gasteiger partial charge is 0.384 e. The molecule has 0 spiro atoms. The number of aromatic nitrogens is 2. The first-order valence-electron chi connectivity index (χ1n) is 8.95. The molecule has 0 radical (unpaired) electrons. The van der Waals surface area contributed by atoms with E-state index in [9.17, 15) is 18.0 Å². The minimum absolute atomic E-state index is 0.000571. The summed E-state index contributed by atoms with van der Waals surface area (Å²) >= 11 is 0. The lowest BCUT2D eigenvalue weighted by Gasteiger charge is -2.41. The third-order valence-corrected chi connectivity index (χ3v) is 5.24. The summed E-state index contributed by atoms with van der Waals surface area (Å²) in [6.07, 6.45) is -2.50. The molecular weight excluding hydrogens is 349 g/mol. The summed E-state index contributed by atoms with van der Waals surface area (Å²) in [7, 11) is 1.54. The topological polar surface area (TPSA) is 59.4 Å². The van der Waals surface area contributed by atoms with E-state index in [2.05, 4.69) is 10.4 Å². The number of likely N-dealkylation sites (tertiary alicyclic amines) is 1. The van der Waals surface area contributed by atoms with Gasteiger partial charge in [-0.1, -0.05) is 0 Å². The molecule has 1 fully saturated rings. The molecule has 2 aliphatic heterocycles. The zero-order valence-electron chi connectivity index (χ0n) is 15.1. The van der Waals surface area contributed by atoms with E-state index >= 15 is 0 Å². The molecule has 3 heterocycles. The van der Waals surface area contributed by atoms with Gasteiger partial charge in [-0.2, -0.15) is 18.3 Å². The molecule has 1 amide bonds. The maximum absolute atomic E-state index is 13.5. The van der Waals surface area contributed by atoms with Gasteiger partial charge >= 0.3 is 6.18 Å². The standard InChI is InChI=1S/C17H25F3N4O2/c1-11-8-15-21-13(9-14(17(18,19)20)24(15)22-11)12-4-3-6-23(10-12)16(25)5-7-26-2/h8,12-14,21H,3-7,9-10H2,1-2H3/t12-,13+,14-/m1/s1. The van der Waals surface area contributed by atoms with Crippen molar-refractivity contribution in [3.05, 3.63) is 11.8 Å². The van der Waals surface area contributed by atoms with E-state index in [0.29, 0.717) is 37.6 Å². The molecule has 6 nitrogen and oxygen atoms in total. The van der Waals surface area contributed by atoms with Gasteiger partial charge < -0.3 is 15.0 Å². The van der Waals surface area contributed by atoms with Crippen LogP contribution in [0.5, 0.6) is 0 Å². The predicted octanol–water partition coefficient (Wildman–Crippen LogP) is 2.75. The highest BCUT2D eigenvalue weighted by atomic mass is 19.4. The Bertz CT molecular complexity index is 646. The first kappa shape index (κ1) is 19.0. The second-order valence-electron chi connectivity index (χ2n) is 7.14.